The van der Waals surface area contributed by atoms with Crippen LogP contribution in [0.4, 0.5) is 0 Å². The maximum Gasteiger partial charge on any atom is 0.143 e. The van der Waals surface area contributed by atoms with E-state index in [1.807, 2.05) is 11.3 Å². The molecule has 0 bridgehead atoms. The highest BCUT2D eigenvalue weighted by Crippen LogP contribution is 2.44. The highest BCUT2D eigenvalue weighted by molar-refractivity contribution is 7.25. The number of aromatic nitrogens is 1. The van der Waals surface area contributed by atoms with E-state index in [1.54, 1.807) is 0 Å². The number of hydrogen-bond acceptors (Lipinski definition) is 2. The Morgan fingerprint density at radius 1 is 0.333 bits per heavy atom. The summed E-state index contributed by atoms with van der Waals surface area (Å²) >= 11 is 1.85. The molecule has 13 rings (SSSR count). The Hall–Kier alpha value is -7.20. The largest absolute Gasteiger partial charge is 0.455 e. The lowest BCUT2D eigenvalue weighted by atomic mass is 9.94. The average Bonchev–Trinajstić information content (AvgIpc) is 3.94. The molecule has 0 amide bonds. The second-order valence-electron chi connectivity index (χ2n) is 15.2. The molecule has 0 N–H and O–H groups in total. The van der Waals surface area contributed by atoms with Crippen molar-refractivity contribution in [3.8, 4) is 27.9 Å². The molecule has 0 aliphatic heterocycles. The van der Waals surface area contributed by atoms with E-state index < -0.39 is 0 Å². The van der Waals surface area contributed by atoms with E-state index in [-0.39, 0.29) is 0 Å². The molecule has 57 heavy (non-hydrogen) atoms. The Labute approximate surface area is 331 Å². The van der Waals surface area contributed by atoms with Crippen LogP contribution in [0.15, 0.2) is 192 Å². The van der Waals surface area contributed by atoms with Gasteiger partial charge in [-0.25, -0.2) is 0 Å². The summed E-state index contributed by atoms with van der Waals surface area (Å²) in [7, 11) is 0. The van der Waals surface area contributed by atoms with E-state index in [9.17, 15) is 0 Å². The van der Waals surface area contributed by atoms with Gasteiger partial charge in [0.05, 0.1) is 11.0 Å². The molecule has 10 aromatic carbocycles. The zero-order valence-electron chi connectivity index (χ0n) is 30.7. The summed E-state index contributed by atoms with van der Waals surface area (Å²) in [6, 6.07) is 69.0. The molecule has 3 heteroatoms. The van der Waals surface area contributed by atoms with Gasteiger partial charge in [-0.2, -0.15) is 0 Å². The molecule has 0 radical (unpaired) electrons. The van der Waals surface area contributed by atoms with Gasteiger partial charge in [0.2, 0.25) is 0 Å². The summed E-state index contributed by atoms with van der Waals surface area (Å²) in [5.41, 5.74) is 9.91. The third-order valence-electron chi connectivity index (χ3n) is 12.2. The third kappa shape index (κ3) is 4.46. The lowest BCUT2D eigenvalue weighted by Gasteiger charge is -2.14. The van der Waals surface area contributed by atoms with Crippen LogP contribution in [0.3, 0.4) is 0 Å². The fraction of sp³-hybridized carbons (Fsp3) is 0. The Bertz CT molecular complexity index is 3770. The van der Waals surface area contributed by atoms with E-state index in [0.29, 0.717) is 0 Å². The molecule has 0 aliphatic carbocycles. The first-order chi connectivity index (χ1) is 28.2. The van der Waals surface area contributed by atoms with Crippen molar-refractivity contribution in [2.75, 3.05) is 0 Å². The minimum absolute atomic E-state index is 0.887. The average molecular weight is 742 g/mol. The number of thiophene rings is 1. The van der Waals surface area contributed by atoms with Crippen LogP contribution in [0.5, 0.6) is 0 Å². The molecule has 0 spiro atoms. The van der Waals surface area contributed by atoms with Gasteiger partial charge in [0.15, 0.2) is 0 Å². The predicted octanol–water partition coefficient (Wildman–Crippen LogP) is 15.8. The molecule has 0 saturated heterocycles. The lowest BCUT2D eigenvalue weighted by Crippen LogP contribution is -1.95. The van der Waals surface area contributed by atoms with Crippen LogP contribution in [0.1, 0.15) is 0 Å². The van der Waals surface area contributed by atoms with Gasteiger partial charge in [0, 0.05) is 59.0 Å². The van der Waals surface area contributed by atoms with Crippen LogP contribution < -0.4 is 0 Å². The summed E-state index contributed by atoms with van der Waals surface area (Å²) in [5, 5.41) is 14.9. The fourth-order valence-corrected chi connectivity index (χ4v) is 10.7. The Morgan fingerprint density at radius 2 is 0.947 bits per heavy atom. The molecule has 2 nitrogen and oxygen atoms in total. The monoisotopic (exact) mass is 741 g/mol. The zero-order chi connectivity index (χ0) is 37.2. The smallest absolute Gasteiger partial charge is 0.143 e. The topological polar surface area (TPSA) is 18.1 Å². The van der Waals surface area contributed by atoms with Gasteiger partial charge in [-0.05, 0) is 85.4 Å². The van der Waals surface area contributed by atoms with Crippen LogP contribution in [0, 0.1) is 0 Å². The predicted molar refractivity (Wildman–Crippen MR) is 244 cm³/mol. The van der Waals surface area contributed by atoms with Gasteiger partial charge in [-0.15, -0.1) is 11.3 Å². The first kappa shape index (κ1) is 31.1. The minimum atomic E-state index is 0.887. The maximum absolute atomic E-state index is 6.96. The first-order valence-corrected chi connectivity index (χ1v) is 20.3. The summed E-state index contributed by atoms with van der Waals surface area (Å²) < 4.78 is 12.0. The van der Waals surface area contributed by atoms with Crippen molar-refractivity contribution in [1.29, 1.82) is 0 Å². The number of para-hydroxylation sites is 1. The van der Waals surface area contributed by atoms with Crippen molar-refractivity contribution >= 4 is 108 Å². The van der Waals surface area contributed by atoms with Crippen LogP contribution in [-0.4, -0.2) is 4.57 Å². The zero-order valence-corrected chi connectivity index (χ0v) is 31.5. The SMILES string of the molecule is c1ccc(-c2ccc3c4cc5c(cc4n(-c4ccc6c7ccccc7c7ccccc7c6c4)c3c2)oc2c(-c3ccc4c(c3)sc3ccccc34)cccc25)cc1. The normalized spacial score (nSPS) is 12.2. The second kappa shape index (κ2) is 11.7. The van der Waals surface area contributed by atoms with Gasteiger partial charge >= 0.3 is 0 Å². The van der Waals surface area contributed by atoms with Crippen molar-refractivity contribution in [3.05, 3.63) is 188 Å². The number of benzene rings is 10. The number of hydrogen-bond donors (Lipinski definition) is 0. The maximum atomic E-state index is 6.96. The number of furan rings is 1. The van der Waals surface area contributed by atoms with Gasteiger partial charge in [0.25, 0.3) is 0 Å². The highest BCUT2D eigenvalue weighted by atomic mass is 32.1. The molecule has 0 unspecified atom stereocenters. The molecular formula is C54H31NOS. The second-order valence-corrected chi connectivity index (χ2v) is 16.3. The lowest BCUT2D eigenvalue weighted by molar-refractivity contribution is 0.670. The first-order valence-electron chi connectivity index (χ1n) is 19.5. The molecule has 0 saturated carbocycles. The van der Waals surface area contributed by atoms with Crippen molar-refractivity contribution in [1.82, 2.24) is 4.57 Å². The van der Waals surface area contributed by atoms with Crippen molar-refractivity contribution < 1.29 is 4.42 Å². The summed E-state index contributed by atoms with van der Waals surface area (Å²) in [6.45, 7) is 0. The Morgan fingerprint density at radius 3 is 1.75 bits per heavy atom. The quantitative estimate of drug-likeness (QED) is 0.165. The molecule has 0 aliphatic rings. The number of nitrogens with zero attached hydrogens (tertiary/aromatic N) is 1. The molecule has 3 aromatic heterocycles. The van der Waals surface area contributed by atoms with Gasteiger partial charge in [-0.3, -0.25) is 0 Å². The van der Waals surface area contributed by atoms with Crippen LogP contribution >= 0.6 is 11.3 Å². The molecule has 0 atom stereocenters. The molecule has 3 heterocycles. The molecular weight excluding hydrogens is 711 g/mol. The summed E-state index contributed by atoms with van der Waals surface area (Å²) in [4.78, 5) is 0. The third-order valence-corrected chi connectivity index (χ3v) is 13.3. The van der Waals surface area contributed by atoms with E-state index in [4.69, 9.17) is 4.42 Å². The summed E-state index contributed by atoms with van der Waals surface area (Å²) in [6.07, 6.45) is 0. The van der Waals surface area contributed by atoms with E-state index in [0.717, 1.165) is 38.7 Å². The van der Waals surface area contributed by atoms with Crippen LogP contribution in [0.25, 0.3) is 124 Å². The highest BCUT2D eigenvalue weighted by Gasteiger charge is 2.20. The van der Waals surface area contributed by atoms with Crippen molar-refractivity contribution in [2.24, 2.45) is 0 Å². The van der Waals surface area contributed by atoms with E-state index >= 15 is 0 Å². The number of fused-ring (bicyclic) bond motifs is 15. The molecule has 264 valence electrons. The fourth-order valence-electron chi connectivity index (χ4n) is 9.55. The van der Waals surface area contributed by atoms with Crippen molar-refractivity contribution in [2.45, 2.75) is 0 Å². The van der Waals surface area contributed by atoms with Crippen LogP contribution in [-0.2, 0) is 0 Å². The van der Waals surface area contributed by atoms with Crippen molar-refractivity contribution in [3.63, 3.8) is 0 Å². The van der Waals surface area contributed by atoms with E-state index in [1.165, 1.54) is 85.5 Å². The standard InChI is InChI=1S/C54H31NOS/c1-2-11-32(12-3-1)33-21-24-42-47-30-48-45-19-10-18-36(34-22-25-44-43-17-8-9-20-52(43)57-53(44)28-34)54(45)56-51(48)31-50(47)55(49(42)27-33)35-23-26-41-39-15-5-4-13-37(39)38-14-6-7-16-40(38)46(41)29-35/h1-31H. The number of rotatable bonds is 3. The van der Waals surface area contributed by atoms with Gasteiger partial charge in [-0.1, -0.05) is 146 Å². The van der Waals surface area contributed by atoms with Crippen LogP contribution in [0.2, 0.25) is 0 Å². The minimum Gasteiger partial charge on any atom is -0.455 e. The van der Waals surface area contributed by atoms with E-state index in [2.05, 4.69) is 193 Å². The molecule has 0 fully saturated rings. The Kier molecular flexibility index (Phi) is 6.35. The van der Waals surface area contributed by atoms with Gasteiger partial charge < -0.3 is 8.98 Å². The molecule has 13 aromatic rings. The van der Waals surface area contributed by atoms with Gasteiger partial charge in [0.1, 0.15) is 11.2 Å². The summed E-state index contributed by atoms with van der Waals surface area (Å²) in [5.74, 6) is 0. The Balaban J connectivity index is 1.08.